The molecule has 1 heterocycles. The first kappa shape index (κ1) is 14.3. The molecule has 0 fully saturated rings. The summed E-state index contributed by atoms with van der Waals surface area (Å²) in [4.78, 5) is 23.5. The lowest BCUT2D eigenvalue weighted by Gasteiger charge is -2.20. The third-order valence-electron chi connectivity index (χ3n) is 3.12. The minimum Gasteiger partial charge on any atom is -0.443 e. The molecular formula is C16H19NO3. The summed E-state index contributed by atoms with van der Waals surface area (Å²) in [6.07, 6.45) is 2.05. The molecule has 0 atom stereocenters. The van der Waals surface area contributed by atoms with Gasteiger partial charge >= 0.3 is 6.09 Å². The molecule has 4 nitrogen and oxygen atoms in total. The van der Waals surface area contributed by atoms with Crippen LogP contribution in [0.2, 0.25) is 0 Å². The highest BCUT2D eigenvalue weighted by Gasteiger charge is 2.21. The summed E-state index contributed by atoms with van der Waals surface area (Å²) < 4.78 is 6.85. The van der Waals surface area contributed by atoms with Gasteiger partial charge in [0, 0.05) is 17.1 Å². The van der Waals surface area contributed by atoms with E-state index < -0.39 is 11.7 Å². The van der Waals surface area contributed by atoms with Gasteiger partial charge in [-0.05, 0) is 51.8 Å². The van der Waals surface area contributed by atoms with Gasteiger partial charge in [-0.2, -0.15) is 0 Å². The summed E-state index contributed by atoms with van der Waals surface area (Å²) in [6, 6.07) is 3.69. The predicted octanol–water partition coefficient (Wildman–Crippen LogP) is 3.85. The number of ether oxygens (including phenoxy) is 1. The number of carbonyl (C=O) groups is 2. The molecule has 0 spiro atoms. The fraction of sp³-hybridized carbons (Fsp3) is 0.375. The van der Waals surface area contributed by atoms with Crippen molar-refractivity contribution in [2.45, 2.75) is 40.2 Å². The van der Waals surface area contributed by atoms with E-state index in [-0.39, 0.29) is 0 Å². The highest BCUT2D eigenvalue weighted by molar-refractivity contribution is 6.02. The Balaban J connectivity index is 2.63. The molecule has 0 amide bonds. The first-order chi connectivity index (χ1) is 9.24. The smallest absolute Gasteiger partial charge is 0.419 e. The van der Waals surface area contributed by atoms with Crippen LogP contribution in [-0.2, 0) is 4.74 Å². The van der Waals surface area contributed by atoms with Crippen LogP contribution in [0.15, 0.2) is 18.3 Å². The number of aryl methyl sites for hydroxylation is 2. The summed E-state index contributed by atoms with van der Waals surface area (Å²) in [5.74, 6) is 0. The van der Waals surface area contributed by atoms with E-state index >= 15 is 0 Å². The number of aldehydes is 1. The molecule has 0 radical (unpaired) electrons. The topological polar surface area (TPSA) is 48.3 Å². The molecule has 2 aromatic rings. The number of aromatic nitrogens is 1. The van der Waals surface area contributed by atoms with Crippen LogP contribution in [0.25, 0.3) is 10.9 Å². The fourth-order valence-electron chi connectivity index (χ4n) is 2.36. The van der Waals surface area contributed by atoms with Crippen molar-refractivity contribution in [3.05, 3.63) is 35.0 Å². The SMILES string of the molecule is Cc1cc(C)c2c(ccn2C(=O)OC(C)(C)C)c1C=O. The van der Waals surface area contributed by atoms with E-state index in [0.29, 0.717) is 5.56 Å². The summed E-state index contributed by atoms with van der Waals surface area (Å²) >= 11 is 0. The lowest BCUT2D eigenvalue weighted by molar-refractivity contribution is 0.0544. The quantitative estimate of drug-likeness (QED) is 0.741. The summed E-state index contributed by atoms with van der Waals surface area (Å²) in [6.45, 7) is 9.28. The highest BCUT2D eigenvalue weighted by Crippen LogP contribution is 2.26. The standard InChI is InChI=1S/C16H19NO3/c1-10-8-11(2)14-12(13(10)9-18)6-7-17(14)15(19)20-16(3,4)5/h6-9H,1-5H3. The van der Waals surface area contributed by atoms with Gasteiger partial charge in [-0.3, -0.25) is 9.36 Å². The molecule has 2 rings (SSSR count). The second kappa shape index (κ2) is 4.78. The maximum Gasteiger partial charge on any atom is 0.419 e. The Labute approximate surface area is 118 Å². The maximum absolute atomic E-state index is 12.2. The van der Waals surface area contributed by atoms with Crippen LogP contribution >= 0.6 is 0 Å². The highest BCUT2D eigenvalue weighted by atomic mass is 16.6. The van der Waals surface area contributed by atoms with Crippen molar-refractivity contribution >= 4 is 23.3 Å². The van der Waals surface area contributed by atoms with Crippen LogP contribution < -0.4 is 0 Å². The number of benzene rings is 1. The van der Waals surface area contributed by atoms with Crippen LogP contribution in [0.5, 0.6) is 0 Å². The van der Waals surface area contributed by atoms with Gasteiger partial charge < -0.3 is 4.74 Å². The number of nitrogens with zero attached hydrogens (tertiary/aromatic N) is 1. The third kappa shape index (κ3) is 2.46. The van der Waals surface area contributed by atoms with Gasteiger partial charge in [-0.15, -0.1) is 0 Å². The fourth-order valence-corrected chi connectivity index (χ4v) is 2.36. The van der Waals surface area contributed by atoms with Crippen LogP contribution in [0.4, 0.5) is 4.79 Å². The minimum absolute atomic E-state index is 0.434. The average molecular weight is 273 g/mol. The summed E-state index contributed by atoms with van der Waals surface area (Å²) in [7, 11) is 0. The lowest BCUT2D eigenvalue weighted by atomic mass is 10.0. The van der Waals surface area contributed by atoms with Gasteiger partial charge in [0.2, 0.25) is 0 Å². The molecule has 0 aliphatic carbocycles. The molecule has 106 valence electrons. The van der Waals surface area contributed by atoms with Crippen molar-refractivity contribution in [2.24, 2.45) is 0 Å². The maximum atomic E-state index is 12.2. The van der Waals surface area contributed by atoms with Gasteiger partial charge in [0.05, 0.1) is 5.52 Å². The number of hydrogen-bond donors (Lipinski definition) is 0. The number of hydrogen-bond acceptors (Lipinski definition) is 3. The molecule has 0 saturated carbocycles. The van der Waals surface area contributed by atoms with Crippen molar-refractivity contribution < 1.29 is 14.3 Å². The van der Waals surface area contributed by atoms with Gasteiger partial charge in [0.25, 0.3) is 0 Å². The van der Waals surface area contributed by atoms with E-state index in [2.05, 4.69) is 0 Å². The van der Waals surface area contributed by atoms with Crippen LogP contribution in [0.1, 0.15) is 42.3 Å². The Morgan fingerprint density at radius 1 is 1.25 bits per heavy atom. The Bertz CT molecular complexity index is 690. The van der Waals surface area contributed by atoms with E-state index in [1.54, 1.807) is 12.3 Å². The van der Waals surface area contributed by atoms with E-state index in [0.717, 1.165) is 28.3 Å². The Hall–Kier alpha value is -2.10. The van der Waals surface area contributed by atoms with Gasteiger partial charge in [0.15, 0.2) is 6.29 Å². The second-order valence-corrected chi connectivity index (χ2v) is 5.97. The van der Waals surface area contributed by atoms with Crippen molar-refractivity contribution in [1.82, 2.24) is 4.57 Å². The zero-order chi connectivity index (χ0) is 15.1. The van der Waals surface area contributed by atoms with E-state index in [9.17, 15) is 9.59 Å². The zero-order valence-electron chi connectivity index (χ0n) is 12.5. The normalized spacial score (nSPS) is 11.7. The van der Waals surface area contributed by atoms with E-state index in [4.69, 9.17) is 4.74 Å². The van der Waals surface area contributed by atoms with Crippen molar-refractivity contribution in [3.8, 4) is 0 Å². The molecule has 0 unspecified atom stereocenters. The molecule has 4 heteroatoms. The summed E-state index contributed by atoms with van der Waals surface area (Å²) in [5, 5.41) is 0.781. The molecule has 0 aliphatic heterocycles. The van der Waals surface area contributed by atoms with Crippen molar-refractivity contribution in [2.75, 3.05) is 0 Å². The third-order valence-corrected chi connectivity index (χ3v) is 3.12. The predicted molar refractivity (Wildman–Crippen MR) is 78.4 cm³/mol. The number of fused-ring (bicyclic) bond motifs is 1. The lowest BCUT2D eigenvalue weighted by Crippen LogP contribution is -2.26. The Kier molecular flexibility index (Phi) is 3.42. The Morgan fingerprint density at radius 2 is 1.90 bits per heavy atom. The molecule has 0 bridgehead atoms. The Morgan fingerprint density at radius 3 is 2.45 bits per heavy atom. The second-order valence-electron chi connectivity index (χ2n) is 5.97. The van der Waals surface area contributed by atoms with E-state index in [1.165, 1.54) is 4.57 Å². The first-order valence-electron chi connectivity index (χ1n) is 6.54. The molecule has 0 saturated heterocycles. The monoisotopic (exact) mass is 273 g/mol. The van der Waals surface area contributed by atoms with Crippen LogP contribution in [0.3, 0.4) is 0 Å². The molecule has 0 N–H and O–H groups in total. The molecular weight excluding hydrogens is 254 g/mol. The van der Waals surface area contributed by atoms with Crippen molar-refractivity contribution in [1.29, 1.82) is 0 Å². The largest absolute Gasteiger partial charge is 0.443 e. The van der Waals surface area contributed by atoms with Gasteiger partial charge in [-0.1, -0.05) is 6.07 Å². The van der Waals surface area contributed by atoms with Crippen molar-refractivity contribution in [3.63, 3.8) is 0 Å². The van der Waals surface area contributed by atoms with E-state index in [1.807, 2.05) is 40.7 Å². The zero-order valence-corrected chi connectivity index (χ0v) is 12.5. The first-order valence-corrected chi connectivity index (χ1v) is 6.54. The molecule has 0 aliphatic rings. The van der Waals surface area contributed by atoms with Crippen LogP contribution in [-0.4, -0.2) is 22.5 Å². The average Bonchev–Trinajstić information content (AvgIpc) is 2.72. The van der Waals surface area contributed by atoms with Crippen LogP contribution in [0, 0.1) is 13.8 Å². The minimum atomic E-state index is -0.556. The van der Waals surface area contributed by atoms with Gasteiger partial charge in [0.1, 0.15) is 5.60 Å². The molecule has 20 heavy (non-hydrogen) atoms. The summed E-state index contributed by atoms with van der Waals surface area (Å²) in [5.41, 5.74) is 2.64. The number of rotatable bonds is 1. The molecule has 1 aromatic carbocycles. The van der Waals surface area contributed by atoms with Gasteiger partial charge in [-0.25, -0.2) is 4.79 Å². The molecule has 1 aromatic heterocycles. The number of carbonyl (C=O) groups excluding carboxylic acids is 2.